The number of nitrogens with zero attached hydrogens (tertiary/aromatic N) is 1. The summed E-state index contributed by atoms with van der Waals surface area (Å²) in [6.07, 6.45) is -0.759. The number of rotatable bonds is 6. The summed E-state index contributed by atoms with van der Waals surface area (Å²) in [5, 5.41) is 2.71. The average molecular weight is 319 g/mol. The number of ether oxygens (including phenoxy) is 2. The normalized spacial score (nSPS) is 11.8. The molecule has 1 aromatic carbocycles. The number of carbonyl (C=O) groups excluding carboxylic acids is 2. The SMILES string of the molecule is COc1ccc(C(=O)C(C)OC(=O)Cc2csc(C)n2)cc1. The Morgan fingerprint density at radius 2 is 1.95 bits per heavy atom. The number of aryl methyl sites for hydroxylation is 1. The molecule has 2 rings (SSSR count). The quantitative estimate of drug-likeness (QED) is 0.605. The Morgan fingerprint density at radius 1 is 1.27 bits per heavy atom. The fraction of sp³-hybridized carbons (Fsp3) is 0.312. The van der Waals surface area contributed by atoms with Gasteiger partial charge in [0.1, 0.15) is 5.75 Å². The molecule has 22 heavy (non-hydrogen) atoms. The van der Waals surface area contributed by atoms with E-state index in [0.29, 0.717) is 17.0 Å². The lowest BCUT2D eigenvalue weighted by Gasteiger charge is -2.12. The molecule has 0 aliphatic carbocycles. The maximum atomic E-state index is 12.2. The van der Waals surface area contributed by atoms with E-state index >= 15 is 0 Å². The van der Waals surface area contributed by atoms with Crippen LogP contribution in [0.25, 0.3) is 0 Å². The van der Waals surface area contributed by atoms with Crippen molar-refractivity contribution in [1.82, 2.24) is 4.98 Å². The highest BCUT2D eigenvalue weighted by molar-refractivity contribution is 7.09. The molecular formula is C16H17NO4S. The third-order valence-corrected chi connectivity index (χ3v) is 3.87. The molecule has 2 aromatic rings. The maximum Gasteiger partial charge on any atom is 0.312 e. The topological polar surface area (TPSA) is 65.5 Å². The number of methoxy groups -OCH3 is 1. The van der Waals surface area contributed by atoms with Crippen LogP contribution < -0.4 is 4.74 Å². The smallest absolute Gasteiger partial charge is 0.312 e. The molecule has 0 bridgehead atoms. The average Bonchev–Trinajstić information content (AvgIpc) is 2.91. The Morgan fingerprint density at radius 3 is 2.50 bits per heavy atom. The number of esters is 1. The van der Waals surface area contributed by atoms with Crippen LogP contribution in [-0.2, 0) is 16.0 Å². The monoisotopic (exact) mass is 319 g/mol. The van der Waals surface area contributed by atoms with Crippen molar-refractivity contribution in [3.63, 3.8) is 0 Å². The van der Waals surface area contributed by atoms with E-state index in [1.807, 2.05) is 12.3 Å². The Kier molecular flexibility index (Phi) is 5.27. The molecule has 6 heteroatoms. The molecule has 0 N–H and O–H groups in total. The lowest BCUT2D eigenvalue weighted by atomic mass is 10.1. The van der Waals surface area contributed by atoms with Gasteiger partial charge in [0.15, 0.2) is 6.10 Å². The largest absolute Gasteiger partial charge is 0.497 e. The van der Waals surface area contributed by atoms with Crippen LogP contribution in [0, 0.1) is 6.92 Å². The van der Waals surface area contributed by atoms with Crippen molar-refractivity contribution in [1.29, 1.82) is 0 Å². The second-order valence-electron chi connectivity index (χ2n) is 4.76. The van der Waals surface area contributed by atoms with E-state index in [1.165, 1.54) is 11.3 Å². The van der Waals surface area contributed by atoms with E-state index in [2.05, 4.69) is 4.98 Å². The van der Waals surface area contributed by atoms with Crippen LogP contribution >= 0.6 is 11.3 Å². The number of carbonyl (C=O) groups is 2. The van der Waals surface area contributed by atoms with Gasteiger partial charge in [0.25, 0.3) is 0 Å². The van der Waals surface area contributed by atoms with E-state index in [9.17, 15) is 9.59 Å². The highest BCUT2D eigenvalue weighted by atomic mass is 32.1. The lowest BCUT2D eigenvalue weighted by Crippen LogP contribution is -2.25. The molecule has 0 saturated heterocycles. The van der Waals surface area contributed by atoms with Gasteiger partial charge in [-0.05, 0) is 38.1 Å². The third-order valence-electron chi connectivity index (χ3n) is 3.04. The van der Waals surface area contributed by atoms with Gasteiger partial charge in [0.2, 0.25) is 5.78 Å². The number of hydrogen-bond acceptors (Lipinski definition) is 6. The van der Waals surface area contributed by atoms with E-state index in [-0.39, 0.29) is 12.2 Å². The van der Waals surface area contributed by atoms with Crippen LogP contribution in [0.15, 0.2) is 29.6 Å². The van der Waals surface area contributed by atoms with Crippen LogP contribution in [0.1, 0.15) is 28.0 Å². The zero-order valence-corrected chi connectivity index (χ0v) is 13.5. The zero-order chi connectivity index (χ0) is 16.1. The molecule has 1 atom stereocenters. The third kappa shape index (κ3) is 4.14. The van der Waals surface area contributed by atoms with E-state index in [1.54, 1.807) is 38.3 Å². The highest BCUT2D eigenvalue weighted by Gasteiger charge is 2.20. The molecule has 1 heterocycles. The second-order valence-corrected chi connectivity index (χ2v) is 5.82. The number of benzene rings is 1. The predicted molar refractivity (Wildman–Crippen MR) is 83.4 cm³/mol. The molecule has 0 fully saturated rings. The lowest BCUT2D eigenvalue weighted by molar-refractivity contribution is -0.145. The van der Waals surface area contributed by atoms with Gasteiger partial charge in [-0.25, -0.2) is 4.98 Å². The first-order valence-corrected chi connectivity index (χ1v) is 7.66. The summed E-state index contributed by atoms with van der Waals surface area (Å²) in [6.45, 7) is 3.44. The Balaban J connectivity index is 1.93. The zero-order valence-electron chi connectivity index (χ0n) is 12.7. The first-order valence-electron chi connectivity index (χ1n) is 6.78. The minimum Gasteiger partial charge on any atom is -0.497 e. The van der Waals surface area contributed by atoms with Crippen molar-refractivity contribution >= 4 is 23.1 Å². The van der Waals surface area contributed by atoms with E-state index < -0.39 is 12.1 Å². The van der Waals surface area contributed by atoms with Gasteiger partial charge in [0.05, 0.1) is 24.2 Å². The molecule has 0 spiro atoms. The summed E-state index contributed by atoms with van der Waals surface area (Å²) in [6, 6.07) is 6.68. The maximum absolute atomic E-state index is 12.2. The minimum absolute atomic E-state index is 0.0740. The summed E-state index contributed by atoms with van der Waals surface area (Å²) in [5.74, 6) is -0.0368. The number of hydrogen-bond donors (Lipinski definition) is 0. The summed E-state index contributed by atoms with van der Waals surface area (Å²) in [5.41, 5.74) is 1.14. The fourth-order valence-electron chi connectivity index (χ4n) is 1.92. The highest BCUT2D eigenvalue weighted by Crippen LogP contribution is 2.14. The van der Waals surface area contributed by atoms with Crippen LogP contribution in [0.3, 0.4) is 0 Å². The van der Waals surface area contributed by atoms with Crippen molar-refractivity contribution < 1.29 is 19.1 Å². The van der Waals surface area contributed by atoms with Crippen molar-refractivity contribution in [3.05, 3.63) is 45.9 Å². The number of Topliss-reactive ketones (excluding diaryl/α,β-unsaturated/α-hetero) is 1. The number of thiazole rings is 1. The molecule has 1 aromatic heterocycles. The molecule has 5 nitrogen and oxygen atoms in total. The van der Waals surface area contributed by atoms with Gasteiger partial charge in [0, 0.05) is 10.9 Å². The number of ketones is 1. The predicted octanol–water partition coefficient (Wildman–Crippen LogP) is 2.82. The molecule has 0 aliphatic heterocycles. The molecule has 0 radical (unpaired) electrons. The Hall–Kier alpha value is -2.21. The van der Waals surface area contributed by atoms with Crippen LogP contribution in [0.2, 0.25) is 0 Å². The number of aromatic nitrogens is 1. The summed E-state index contributed by atoms with van der Waals surface area (Å²) in [7, 11) is 1.56. The van der Waals surface area contributed by atoms with E-state index in [0.717, 1.165) is 5.01 Å². The van der Waals surface area contributed by atoms with Crippen LogP contribution in [0.5, 0.6) is 5.75 Å². The summed E-state index contributed by atoms with van der Waals surface area (Å²) < 4.78 is 10.2. The minimum atomic E-state index is -0.833. The van der Waals surface area contributed by atoms with Gasteiger partial charge in [-0.2, -0.15) is 0 Å². The second kappa shape index (κ2) is 7.17. The van der Waals surface area contributed by atoms with Crippen LogP contribution in [-0.4, -0.2) is 30.0 Å². The van der Waals surface area contributed by atoms with Crippen molar-refractivity contribution in [2.45, 2.75) is 26.4 Å². The van der Waals surface area contributed by atoms with Gasteiger partial charge in [-0.1, -0.05) is 0 Å². The van der Waals surface area contributed by atoms with Crippen molar-refractivity contribution in [3.8, 4) is 5.75 Å². The fourth-order valence-corrected chi connectivity index (χ4v) is 2.53. The first-order chi connectivity index (χ1) is 10.5. The Bertz CT molecular complexity index is 663. The summed E-state index contributed by atoms with van der Waals surface area (Å²) >= 11 is 1.47. The van der Waals surface area contributed by atoms with Crippen molar-refractivity contribution in [2.24, 2.45) is 0 Å². The standard InChI is InChI=1S/C16H17NO4S/c1-10(16(19)12-4-6-14(20-3)7-5-12)21-15(18)8-13-9-22-11(2)17-13/h4-7,9-10H,8H2,1-3H3. The molecule has 1 unspecified atom stereocenters. The first kappa shape index (κ1) is 16.2. The van der Waals surface area contributed by atoms with Gasteiger partial charge < -0.3 is 9.47 Å². The molecule has 116 valence electrons. The van der Waals surface area contributed by atoms with Gasteiger partial charge in [-0.15, -0.1) is 11.3 Å². The van der Waals surface area contributed by atoms with E-state index in [4.69, 9.17) is 9.47 Å². The molecule has 0 aliphatic rings. The van der Waals surface area contributed by atoms with Gasteiger partial charge >= 0.3 is 5.97 Å². The van der Waals surface area contributed by atoms with Crippen molar-refractivity contribution in [2.75, 3.05) is 7.11 Å². The summed E-state index contributed by atoms with van der Waals surface area (Å²) in [4.78, 5) is 28.2. The molecule has 0 amide bonds. The molecular weight excluding hydrogens is 302 g/mol. The van der Waals surface area contributed by atoms with Gasteiger partial charge in [-0.3, -0.25) is 9.59 Å². The Labute approximate surface area is 132 Å². The molecule has 0 saturated carbocycles. The van der Waals surface area contributed by atoms with Crippen LogP contribution in [0.4, 0.5) is 0 Å².